The van der Waals surface area contributed by atoms with Gasteiger partial charge in [-0.05, 0) is 34.7 Å². The molecule has 0 aliphatic rings. The molecule has 3 rings (SSSR count). The predicted octanol–water partition coefficient (Wildman–Crippen LogP) is 1.85. The van der Waals surface area contributed by atoms with Gasteiger partial charge in [-0.1, -0.05) is 0 Å². The molecule has 0 bridgehead atoms. The van der Waals surface area contributed by atoms with Crippen LogP contribution in [-0.2, 0) is 0 Å². The first-order valence-electron chi connectivity index (χ1n) is 5.34. The lowest BCUT2D eigenvalue weighted by molar-refractivity contribution is 1.13. The van der Waals surface area contributed by atoms with E-state index in [0.29, 0.717) is 5.82 Å². The van der Waals surface area contributed by atoms with Crippen LogP contribution in [0.5, 0.6) is 0 Å². The summed E-state index contributed by atoms with van der Waals surface area (Å²) in [7, 11) is 0. The van der Waals surface area contributed by atoms with Crippen LogP contribution in [0, 0.1) is 15.0 Å². The second-order valence-corrected chi connectivity index (χ2v) is 4.93. The number of aromatic nitrogens is 4. The van der Waals surface area contributed by atoms with E-state index in [4.69, 9.17) is 11.0 Å². The third-order valence-electron chi connectivity index (χ3n) is 2.66. The van der Waals surface area contributed by atoms with E-state index in [1.165, 1.54) is 6.20 Å². The fourth-order valence-corrected chi connectivity index (χ4v) is 2.26. The molecule has 7 heteroatoms. The third-order valence-corrected chi connectivity index (χ3v) is 3.46. The molecule has 0 saturated heterocycles. The van der Waals surface area contributed by atoms with Crippen molar-refractivity contribution in [1.82, 2.24) is 19.4 Å². The summed E-state index contributed by atoms with van der Waals surface area (Å²) in [4.78, 5) is 12.6. The maximum absolute atomic E-state index is 8.80. The van der Waals surface area contributed by atoms with Gasteiger partial charge in [0.15, 0.2) is 5.82 Å². The number of nitrogens with two attached hydrogens (primary N) is 1. The number of nitrogens with zero attached hydrogens (tertiary/aromatic N) is 5. The van der Waals surface area contributed by atoms with E-state index in [0.717, 1.165) is 14.9 Å². The van der Waals surface area contributed by atoms with Crippen molar-refractivity contribution in [1.29, 1.82) is 5.26 Å². The predicted molar refractivity (Wildman–Crippen MR) is 78.1 cm³/mol. The molecule has 0 aliphatic carbocycles. The van der Waals surface area contributed by atoms with Crippen LogP contribution in [0.15, 0.2) is 30.7 Å². The summed E-state index contributed by atoms with van der Waals surface area (Å²) in [5, 5.41) is 8.80. The third kappa shape index (κ3) is 2.00. The van der Waals surface area contributed by atoms with Gasteiger partial charge in [0.2, 0.25) is 0 Å². The van der Waals surface area contributed by atoms with Gasteiger partial charge >= 0.3 is 0 Å². The van der Waals surface area contributed by atoms with Crippen molar-refractivity contribution < 1.29 is 0 Å². The highest BCUT2D eigenvalue weighted by Crippen LogP contribution is 2.20. The number of hydrogen-bond donors (Lipinski definition) is 1. The first-order chi connectivity index (χ1) is 9.19. The average molecular weight is 362 g/mol. The van der Waals surface area contributed by atoms with Gasteiger partial charge in [-0.3, -0.25) is 4.40 Å². The topological polar surface area (TPSA) is 92.9 Å². The van der Waals surface area contributed by atoms with Crippen LogP contribution >= 0.6 is 22.6 Å². The highest BCUT2D eigenvalue weighted by molar-refractivity contribution is 14.1. The number of halogens is 1. The minimum absolute atomic E-state index is 0.185. The highest BCUT2D eigenvalue weighted by atomic mass is 127. The monoisotopic (exact) mass is 362 g/mol. The molecule has 3 aromatic rings. The molecule has 3 aromatic heterocycles. The number of hydrogen-bond acceptors (Lipinski definition) is 5. The molecule has 0 unspecified atom stereocenters. The van der Waals surface area contributed by atoms with E-state index >= 15 is 0 Å². The zero-order valence-electron chi connectivity index (χ0n) is 9.58. The van der Waals surface area contributed by atoms with Crippen LogP contribution in [0.4, 0.5) is 5.82 Å². The van der Waals surface area contributed by atoms with Gasteiger partial charge in [-0.25, -0.2) is 15.0 Å². The Kier molecular flexibility index (Phi) is 2.79. The lowest BCUT2D eigenvalue weighted by Gasteiger charge is -2.03. The van der Waals surface area contributed by atoms with E-state index in [9.17, 15) is 0 Å². The zero-order valence-corrected chi connectivity index (χ0v) is 11.7. The van der Waals surface area contributed by atoms with Gasteiger partial charge in [0, 0.05) is 11.8 Å². The summed E-state index contributed by atoms with van der Waals surface area (Å²) >= 11 is 2.21. The van der Waals surface area contributed by atoms with Crippen LogP contribution in [-0.4, -0.2) is 19.4 Å². The molecule has 0 amide bonds. The Labute approximate surface area is 122 Å². The van der Waals surface area contributed by atoms with Crippen molar-refractivity contribution in [2.24, 2.45) is 0 Å². The Morgan fingerprint density at radius 3 is 2.89 bits per heavy atom. The summed E-state index contributed by atoms with van der Waals surface area (Å²) in [5.74, 6) is 0.669. The summed E-state index contributed by atoms with van der Waals surface area (Å²) in [5.41, 5.74) is 7.59. The van der Waals surface area contributed by atoms with E-state index in [1.54, 1.807) is 6.20 Å². The van der Waals surface area contributed by atoms with Crippen molar-refractivity contribution in [2.45, 2.75) is 0 Å². The van der Waals surface area contributed by atoms with Gasteiger partial charge in [-0.2, -0.15) is 5.26 Å². The van der Waals surface area contributed by atoms with Crippen LogP contribution in [0.2, 0.25) is 0 Å². The molecule has 2 N–H and O–H groups in total. The molecule has 0 aromatic carbocycles. The number of imidazole rings is 1. The van der Waals surface area contributed by atoms with Gasteiger partial charge < -0.3 is 5.73 Å². The number of rotatable bonds is 1. The lowest BCUT2D eigenvalue weighted by atomic mass is 10.2. The normalized spacial score (nSPS) is 10.5. The Morgan fingerprint density at radius 2 is 2.16 bits per heavy atom. The van der Waals surface area contributed by atoms with Gasteiger partial charge in [0.1, 0.15) is 26.8 Å². The lowest BCUT2D eigenvalue weighted by Crippen LogP contribution is -1.99. The van der Waals surface area contributed by atoms with E-state index < -0.39 is 0 Å². The molecule has 19 heavy (non-hydrogen) atoms. The quantitative estimate of drug-likeness (QED) is 0.667. The maximum Gasteiger partial charge on any atom is 0.161 e. The number of nitrogen functional groups attached to an aromatic ring is 1. The maximum atomic E-state index is 8.80. The average Bonchev–Trinajstić information content (AvgIpc) is 2.80. The molecule has 0 saturated carbocycles. The summed E-state index contributed by atoms with van der Waals surface area (Å²) in [6.07, 6.45) is 5.11. The fraction of sp³-hybridized carbons (Fsp3) is 0. The van der Waals surface area contributed by atoms with Crippen LogP contribution in [0.1, 0.15) is 5.56 Å². The summed E-state index contributed by atoms with van der Waals surface area (Å²) in [6.45, 7) is 0. The molecule has 0 radical (unpaired) electrons. The number of nitriles is 1. The number of anilines is 1. The second-order valence-electron chi connectivity index (χ2n) is 3.83. The Balaban J connectivity index is 2.14. The minimum atomic E-state index is 0.185. The standard InChI is InChI=1S/C12H7IN6/c13-9-6-16-10-3-7(1-2-19(9)10)12-17-5-8(4-14)11(15)18-12/h1-3,5-6H,(H2,15,17,18). The van der Waals surface area contributed by atoms with Crippen LogP contribution < -0.4 is 5.73 Å². The van der Waals surface area contributed by atoms with Crippen molar-refractivity contribution in [2.75, 3.05) is 5.73 Å². The van der Waals surface area contributed by atoms with Crippen LogP contribution in [0.3, 0.4) is 0 Å². The molecule has 0 atom stereocenters. The van der Waals surface area contributed by atoms with Gasteiger partial charge in [0.25, 0.3) is 0 Å². The fourth-order valence-electron chi connectivity index (χ4n) is 1.71. The van der Waals surface area contributed by atoms with Crippen LogP contribution in [0.25, 0.3) is 17.0 Å². The smallest absolute Gasteiger partial charge is 0.161 e. The Bertz CT molecular complexity index is 817. The van der Waals surface area contributed by atoms with E-state index in [1.807, 2.05) is 28.8 Å². The number of pyridine rings is 1. The summed E-state index contributed by atoms with van der Waals surface area (Å²) in [6, 6.07) is 5.70. The Morgan fingerprint density at radius 1 is 1.32 bits per heavy atom. The Hall–Kier alpha value is -2.21. The van der Waals surface area contributed by atoms with Gasteiger partial charge in [-0.15, -0.1) is 0 Å². The summed E-state index contributed by atoms with van der Waals surface area (Å²) < 4.78 is 2.98. The molecular weight excluding hydrogens is 355 g/mol. The van der Waals surface area contributed by atoms with Crippen molar-refractivity contribution in [3.63, 3.8) is 0 Å². The van der Waals surface area contributed by atoms with Crippen molar-refractivity contribution in [3.8, 4) is 17.5 Å². The molecular formula is C12H7IN6. The molecule has 6 nitrogen and oxygen atoms in total. The first kappa shape index (κ1) is 11.9. The van der Waals surface area contributed by atoms with Crippen molar-refractivity contribution in [3.05, 3.63) is 40.0 Å². The van der Waals surface area contributed by atoms with Crippen molar-refractivity contribution >= 4 is 34.1 Å². The zero-order chi connectivity index (χ0) is 13.4. The highest BCUT2D eigenvalue weighted by Gasteiger charge is 2.08. The molecule has 0 fully saturated rings. The molecule has 0 aliphatic heterocycles. The second kappa shape index (κ2) is 4.47. The van der Waals surface area contributed by atoms with Gasteiger partial charge in [0.05, 0.1) is 12.4 Å². The van der Waals surface area contributed by atoms with E-state index in [2.05, 4.69) is 37.5 Å². The minimum Gasteiger partial charge on any atom is -0.382 e. The molecule has 3 heterocycles. The molecule has 0 spiro atoms. The first-order valence-corrected chi connectivity index (χ1v) is 6.42. The largest absolute Gasteiger partial charge is 0.382 e. The van der Waals surface area contributed by atoms with E-state index in [-0.39, 0.29) is 11.4 Å². The number of fused-ring (bicyclic) bond motifs is 1. The SMILES string of the molecule is N#Cc1cnc(-c2ccn3c(I)cnc3c2)nc1N. The molecule has 92 valence electrons.